The number of hydrogen-bond donors (Lipinski definition) is 0. The number of anilines is 1. The molecule has 0 N–H and O–H groups in total. The molecule has 0 radical (unpaired) electrons. The molecule has 2 heterocycles. The van der Waals surface area contributed by atoms with Crippen LogP contribution in [0.25, 0.3) is 0 Å². The fourth-order valence-corrected chi connectivity index (χ4v) is 2.35. The van der Waals surface area contributed by atoms with Crippen LogP contribution >= 0.6 is 15.9 Å². The summed E-state index contributed by atoms with van der Waals surface area (Å²) in [5.41, 5.74) is 1.09. The van der Waals surface area contributed by atoms with Crippen LogP contribution in [0.15, 0.2) is 40.9 Å². The third kappa shape index (κ3) is 3.92. The number of benzene rings is 1. The molecule has 2 aromatic rings. The van der Waals surface area contributed by atoms with E-state index in [1.54, 1.807) is 0 Å². The van der Waals surface area contributed by atoms with Gasteiger partial charge in [0.25, 0.3) is 0 Å². The molecule has 0 atom stereocenters. The Labute approximate surface area is 132 Å². The third-order valence-corrected chi connectivity index (χ3v) is 3.79. The zero-order valence-corrected chi connectivity index (χ0v) is 13.1. The molecule has 6 heteroatoms. The van der Waals surface area contributed by atoms with Crippen LogP contribution in [0.2, 0.25) is 0 Å². The lowest BCUT2D eigenvalue weighted by molar-refractivity contribution is 0.122. The number of halogens is 1. The first-order chi connectivity index (χ1) is 10.3. The maximum atomic E-state index is 5.64. The molecule has 3 rings (SSSR count). The zero-order chi connectivity index (χ0) is 14.5. The molecular weight excluding hydrogens is 334 g/mol. The molecule has 1 aromatic heterocycles. The first-order valence-electron chi connectivity index (χ1n) is 6.85. The van der Waals surface area contributed by atoms with E-state index in [4.69, 9.17) is 9.47 Å². The summed E-state index contributed by atoms with van der Waals surface area (Å²) in [5.74, 6) is 1.41. The van der Waals surface area contributed by atoms with Gasteiger partial charge in [-0.15, -0.1) is 10.2 Å². The fourth-order valence-electron chi connectivity index (χ4n) is 2.09. The van der Waals surface area contributed by atoms with Crippen LogP contribution in [-0.4, -0.2) is 36.5 Å². The average molecular weight is 350 g/mol. The Morgan fingerprint density at radius 3 is 2.48 bits per heavy atom. The highest BCUT2D eigenvalue weighted by Gasteiger charge is 2.12. The molecule has 0 unspecified atom stereocenters. The van der Waals surface area contributed by atoms with Crippen molar-refractivity contribution in [2.45, 2.75) is 6.61 Å². The van der Waals surface area contributed by atoms with Crippen molar-refractivity contribution in [2.24, 2.45) is 0 Å². The van der Waals surface area contributed by atoms with Gasteiger partial charge >= 0.3 is 0 Å². The highest BCUT2D eigenvalue weighted by atomic mass is 79.9. The first kappa shape index (κ1) is 14.3. The molecule has 1 fully saturated rings. The molecule has 1 aliphatic rings. The van der Waals surface area contributed by atoms with Crippen LogP contribution in [0.4, 0.5) is 5.82 Å². The predicted octanol–water partition coefficient (Wildman–Crippen LogP) is 2.65. The number of hydrogen-bond acceptors (Lipinski definition) is 5. The number of aromatic nitrogens is 2. The van der Waals surface area contributed by atoms with Gasteiger partial charge in [0.1, 0.15) is 6.61 Å². The Bertz CT molecular complexity index is 568. The summed E-state index contributed by atoms with van der Waals surface area (Å²) in [6.45, 7) is 3.67. The summed E-state index contributed by atoms with van der Waals surface area (Å²) >= 11 is 3.41. The van der Waals surface area contributed by atoms with Crippen LogP contribution < -0.4 is 9.64 Å². The molecule has 5 nitrogen and oxygen atoms in total. The highest BCUT2D eigenvalue weighted by Crippen LogP contribution is 2.16. The van der Waals surface area contributed by atoms with Crippen LogP contribution in [0.5, 0.6) is 5.88 Å². The van der Waals surface area contributed by atoms with Gasteiger partial charge in [-0.1, -0.05) is 28.1 Å². The third-order valence-electron chi connectivity index (χ3n) is 3.26. The van der Waals surface area contributed by atoms with E-state index in [0.29, 0.717) is 12.5 Å². The van der Waals surface area contributed by atoms with E-state index in [-0.39, 0.29) is 0 Å². The minimum absolute atomic E-state index is 0.485. The Balaban J connectivity index is 1.57. The van der Waals surface area contributed by atoms with Crippen molar-refractivity contribution in [1.82, 2.24) is 10.2 Å². The van der Waals surface area contributed by atoms with Gasteiger partial charge in [0, 0.05) is 23.6 Å². The lowest BCUT2D eigenvalue weighted by Gasteiger charge is -2.27. The molecule has 110 valence electrons. The molecule has 1 aromatic carbocycles. The van der Waals surface area contributed by atoms with Crippen molar-refractivity contribution < 1.29 is 9.47 Å². The minimum atomic E-state index is 0.485. The van der Waals surface area contributed by atoms with E-state index in [1.165, 1.54) is 0 Å². The van der Waals surface area contributed by atoms with Gasteiger partial charge in [-0.3, -0.25) is 0 Å². The molecule has 0 spiro atoms. The van der Waals surface area contributed by atoms with Crippen molar-refractivity contribution >= 4 is 21.7 Å². The van der Waals surface area contributed by atoms with Crippen molar-refractivity contribution in [3.05, 3.63) is 46.4 Å². The fraction of sp³-hybridized carbons (Fsp3) is 0.333. The number of nitrogens with zero attached hydrogens (tertiary/aromatic N) is 3. The Morgan fingerprint density at radius 2 is 1.81 bits per heavy atom. The average Bonchev–Trinajstić information content (AvgIpc) is 2.56. The second kappa shape index (κ2) is 6.87. The molecular formula is C15H16BrN3O2. The number of ether oxygens (including phenoxy) is 2. The monoisotopic (exact) mass is 349 g/mol. The molecule has 1 saturated heterocycles. The second-order valence-electron chi connectivity index (χ2n) is 4.74. The summed E-state index contributed by atoms with van der Waals surface area (Å²) in [5, 5.41) is 8.34. The molecule has 0 aliphatic carbocycles. The van der Waals surface area contributed by atoms with Gasteiger partial charge in [0.2, 0.25) is 5.88 Å². The first-order valence-corrected chi connectivity index (χ1v) is 7.64. The van der Waals surface area contributed by atoms with Gasteiger partial charge in [-0.05, 0) is 23.8 Å². The second-order valence-corrected chi connectivity index (χ2v) is 5.66. The standard InChI is InChI=1S/C15H16BrN3O2/c16-13-3-1-12(2-4-13)11-21-15-6-5-14(17-18-15)19-7-9-20-10-8-19/h1-6H,7-11H2. The maximum absolute atomic E-state index is 5.64. The highest BCUT2D eigenvalue weighted by molar-refractivity contribution is 9.10. The summed E-state index contributed by atoms with van der Waals surface area (Å²) in [6, 6.07) is 11.8. The molecule has 0 bridgehead atoms. The van der Waals surface area contributed by atoms with Gasteiger partial charge in [-0.25, -0.2) is 0 Å². The minimum Gasteiger partial charge on any atom is -0.472 e. The van der Waals surface area contributed by atoms with Crippen LogP contribution in [0.1, 0.15) is 5.56 Å². The molecule has 0 saturated carbocycles. The summed E-state index contributed by atoms with van der Waals surface area (Å²) < 4.78 is 12.0. The van der Waals surface area contributed by atoms with Gasteiger partial charge < -0.3 is 14.4 Å². The van der Waals surface area contributed by atoms with E-state index in [1.807, 2.05) is 36.4 Å². The lowest BCUT2D eigenvalue weighted by Crippen LogP contribution is -2.36. The molecule has 1 aliphatic heterocycles. The lowest BCUT2D eigenvalue weighted by atomic mass is 10.2. The van der Waals surface area contributed by atoms with Gasteiger partial charge in [0.15, 0.2) is 5.82 Å². The van der Waals surface area contributed by atoms with Gasteiger partial charge in [0.05, 0.1) is 13.2 Å². The SMILES string of the molecule is Brc1ccc(COc2ccc(N3CCOCC3)nn2)cc1. The number of morpholine rings is 1. The van der Waals surface area contributed by atoms with Crippen LogP contribution in [0, 0.1) is 0 Å². The topological polar surface area (TPSA) is 47.5 Å². The Morgan fingerprint density at radius 1 is 1.05 bits per heavy atom. The normalized spacial score (nSPS) is 15.0. The summed E-state index contributed by atoms with van der Waals surface area (Å²) in [7, 11) is 0. The smallest absolute Gasteiger partial charge is 0.233 e. The van der Waals surface area contributed by atoms with Crippen molar-refractivity contribution in [3.8, 4) is 5.88 Å². The van der Waals surface area contributed by atoms with Gasteiger partial charge in [-0.2, -0.15) is 0 Å². The van der Waals surface area contributed by atoms with E-state index in [0.717, 1.165) is 42.2 Å². The van der Waals surface area contributed by atoms with E-state index < -0.39 is 0 Å². The van der Waals surface area contributed by atoms with Crippen molar-refractivity contribution in [3.63, 3.8) is 0 Å². The quantitative estimate of drug-likeness (QED) is 0.849. The van der Waals surface area contributed by atoms with Crippen LogP contribution in [-0.2, 0) is 11.3 Å². The zero-order valence-electron chi connectivity index (χ0n) is 11.5. The number of rotatable bonds is 4. The van der Waals surface area contributed by atoms with Crippen LogP contribution in [0.3, 0.4) is 0 Å². The van der Waals surface area contributed by atoms with E-state index in [9.17, 15) is 0 Å². The summed E-state index contributed by atoms with van der Waals surface area (Å²) in [6.07, 6.45) is 0. The van der Waals surface area contributed by atoms with E-state index >= 15 is 0 Å². The summed E-state index contributed by atoms with van der Waals surface area (Å²) in [4.78, 5) is 2.16. The molecule has 21 heavy (non-hydrogen) atoms. The molecule has 0 amide bonds. The predicted molar refractivity (Wildman–Crippen MR) is 83.5 cm³/mol. The Hall–Kier alpha value is -1.66. The van der Waals surface area contributed by atoms with Crippen molar-refractivity contribution in [2.75, 3.05) is 31.2 Å². The largest absolute Gasteiger partial charge is 0.472 e. The maximum Gasteiger partial charge on any atom is 0.233 e. The van der Waals surface area contributed by atoms with Crippen molar-refractivity contribution in [1.29, 1.82) is 0 Å². The Kier molecular flexibility index (Phi) is 4.67. The van der Waals surface area contributed by atoms with E-state index in [2.05, 4.69) is 31.0 Å².